The number of H-pyrrole nitrogens is 1. The standard InChI is InChI=1S/C20H20F2N8O/c1-9-5-15(27-26-9)19(31)29-8-11(4-3-10(29)2)17-25-18-13-6-12(21)7-14(22)16(13)24-20(23)30(18)28-17/h5-7,10-11H,3-4,8H2,1-2H3,(H2,23,24)(H,26,27)/t10-,11+/m0/s1. The Morgan fingerprint density at radius 1 is 1.23 bits per heavy atom. The fourth-order valence-electron chi connectivity index (χ4n) is 4.12. The van der Waals surface area contributed by atoms with Crippen molar-refractivity contribution in [1.29, 1.82) is 0 Å². The number of hydrogen-bond acceptors (Lipinski definition) is 6. The molecule has 1 saturated heterocycles. The van der Waals surface area contributed by atoms with Crippen molar-refractivity contribution in [2.45, 2.75) is 38.6 Å². The first-order chi connectivity index (χ1) is 14.8. The van der Waals surface area contributed by atoms with Crippen LogP contribution in [0.5, 0.6) is 0 Å². The van der Waals surface area contributed by atoms with Crippen LogP contribution in [0.3, 0.4) is 0 Å². The van der Waals surface area contributed by atoms with Crippen molar-refractivity contribution in [3.05, 3.63) is 47.0 Å². The van der Waals surface area contributed by atoms with Gasteiger partial charge in [0.1, 0.15) is 17.0 Å². The van der Waals surface area contributed by atoms with Gasteiger partial charge >= 0.3 is 0 Å². The van der Waals surface area contributed by atoms with Crippen LogP contribution in [0.15, 0.2) is 18.2 Å². The first kappa shape index (κ1) is 19.3. The third-order valence-corrected chi connectivity index (χ3v) is 5.77. The Morgan fingerprint density at radius 3 is 2.77 bits per heavy atom. The molecule has 3 N–H and O–H groups in total. The summed E-state index contributed by atoms with van der Waals surface area (Å²) in [6, 6.07) is 3.67. The maximum Gasteiger partial charge on any atom is 0.274 e. The van der Waals surface area contributed by atoms with E-state index in [1.165, 1.54) is 4.52 Å². The van der Waals surface area contributed by atoms with Gasteiger partial charge in [-0.2, -0.15) is 9.61 Å². The number of nitrogens with two attached hydrogens (primary N) is 1. The first-order valence-corrected chi connectivity index (χ1v) is 9.95. The summed E-state index contributed by atoms with van der Waals surface area (Å²) in [4.78, 5) is 23.3. The molecule has 0 saturated carbocycles. The number of rotatable bonds is 2. The largest absolute Gasteiger partial charge is 0.368 e. The molecule has 5 rings (SSSR count). The molecule has 0 radical (unpaired) electrons. The molecular formula is C20H20F2N8O. The first-order valence-electron chi connectivity index (χ1n) is 9.95. The lowest BCUT2D eigenvalue weighted by Gasteiger charge is -2.36. The molecule has 0 bridgehead atoms. The number of piperidine rings is 1. The predicted molar refractivity (Wildman–Crippen MR) is 108 cm³/mol. The number of amides is 1. The highest BCUT2D eigenvalue weighted by molar-refractivity contribution is 5.93. The molecular weight excluding hydrogens is 406 g/mol. The number of carbonyl (C=O) groups is 1. The number of nitrogens with one attached hydrogen (secondary N) is 1. The average Bonchev–Trinajstić information content (AvgIpc) is 3.36. The van der Waals surface area contributed by atoms with Gasteiger partial charge in [-0.15, -0.1) is 5.10 Å². The number of aromatic amines is 1. The van der Waals surface area contributed by atoms with Crippen molar-refractivity contribution >= 4 is 28.4 Å². The number of halogens is 2. The highest BCUT2D eigenvalue weighted by Crippen LogP contribution is 2.31. The van der Waals surface area contributed by atoms with Crippen LogP contribution in [0.1, 0.15) is 47.7 Å². The number of anilines is 1. The summed E-state index contributed by atoms with van der Waals surface area (Å²) in [5.41, 5.74) is 7.30. The molecule has 0 spiro atoms. The fourth-order valence-corrected chi connectivity index (χ4v) is 4.12. The zero-order valence-electron chi connectivity index (χ0n) is 16.9. The maximum atomic E-state index is 14.2. The topological polar surface area (TPSA) is 118 Å². The Morgan fingerprint density at radius 2 is 2.03 bits per heavy atom. The Bertz CT molecular complexity index is 1330. The van der Waals surface area contributed by atoms with E-state index >= 15 is 0 Å². The van der Waals surface area contributed by atoms with Crippen molar-refractivity contribution < 1.29 is 13.6 Å². The molecule has 1 aliphatic heterocycles. The normalized spacial score (nSPS) is 19.4. The smallest absolute Gasteiger partial charge is 0.274 e. The third-order valence-electron chi connectivity index (χ3n) is 5.77. The lowest BCUT2D eigenvalue weighted by atomic mass is 9.92. The summed E-state index contributed by atoms with van der Waals surface area (Å²) >= 11 is 0. The quantitative estimate of drug-likeness (QED) is 0.509. The van der Waals surface area contributed by atoms with E-state index in [1.807, 2.05) is 13.8 Å². The number of benzene rings is 1. The Kier molecular flexibility index (Phi) is 4.34. The van der Waals surface area contributed by atoms with Gasteiger partial charge in [0.05, 0.1) is 5.39 Å². The molecule has 9 nitrogen and oxygen atoms in total. The van der Waals surface area contributed by atoms with Crippen molar-refractivity contribution in [2.24, 2.45) is 0 Å². The van der Waals surface area contributed by atoms with E-state index in [4.69, 9.17) is 5.73 Å². The van der Waals surface area contributed by atoms with Crippen LogP contribution < -0.4 is 5.73 Å². The number of carbonyl (C=O) groups excluding carboxylic acids is 1. The van der Waals surface area contributed by atoms with Gasteiger partial charge < -0.3 is 10.6 Å². The number of hydrogen-bond donors (Lipinski definition) is 2. The number of likely N-dealkylation sites (tertiary alicyclic amines) is 1. The summed E-state index contributed by atoms with van der Waals surface area (Å²) in [5, 5.41) is 11.5. The zero-order valence-corrected chi connectivity index (χ0v) is 16.9. The lowest BCUT2D eigenvalue weighted by molar-refractivity contribution is 0.0600. The number of fused-ring (bicyclic) bond motifs is 3. The molecule has 4 heterocycles. The third kappa shape index (κ3) is 3.16. The lowest BCUT2D eigenvalue weighted by Crippen LogP contribution is -2.45. The maximum absolute atomic E-state index is 14.2. The number of aryl methyl sites for hydroxylation is 1. The molecule has 2 atom stereocenters. The monoisotopic (exact) mass is 426 g/mol. The summed E-state index contributed by atoms with van der Waals surface area (Å²) < 4.78 is 29.3. The SMILES string of the molecule is Cc1cc(C(=O)N2C[C@H](c3nc4c5cc(F)cc(F)c5nc(N)n4n3)CC[C@@H]2C)n[nH]1. The van der Waals surface area contributed by atoms with E-state index in [2.05, 4.69) is 25.3 Å². The molecule has 160 valence electrons. The van der Waals surface area contributed by atoms with Crippen molar-refractivity contribution in [2.75, 3.05) is 12.3 Å². The van der Waals surface area contributed by atoms with E-state index in [1.54, 1.807) is 11.0 Å². The summed E-state index contributed by atoms with van der Waals surface area (Å²) in [6.45, 7) is 4.23. The molecule has 1 amide bonds. The minimum atomic E-state index is -0.814. The summed E-state index contributed by atoms with van der Waals surface area (Å²) in [5.74, 6) is -1.47. The van der Waals surface area contributed by atoms with Gasteiger partial charge in [0.15, 0.2) is 17.3 Å². The van der Waals surface area contributed by atoms with Crippen LogP contribution in [0.25, 0.3) is 16.6 Å². The van der Waals surface area contributed by atoms with Crippen molar-refractivity contribution in [3.8, 4) is 0 Å². The Labute approximate surface area is 175 Å². The van der Waals surface area contributed by atoms with Gasteiger partial charge in [0.25, 0.3) is 5.91 Å². The van der Waals surface area contributed by atoms with E-state index in [-0.39, 0.29) is 40.4 Å². The van der Waals surface area contributed by atoms with Gasteiger partial charge in [-0.05, 0) is 38.8 Å². The minimum absolute atomic E-state index is 0.0357. The highest BCUT2D eigenvalue weighted by Gasteiger charge is 2.33. The molecule has 4 aromatic rings. The Balaban J connectivity index is 1.53. The van der Waals surface area contributed by atoms with Crippen molar-refractivity contribution in [1.82, 2.24) is 34.7 Å². The second-order valence-electron chi connectivity index (χ2n) is 7.98. The molecule has 0 aliphatic carbocycles. The van der Waals surface area contributed by atoms with Crippen molar-refractivity contribution in [3.63, 3.8) is 0 Å². The van der Waals surface area contributed by atoms with Gasteiger partial charge in [-0.25, -0.2) is 18.7 Å². The molecule has 1 aromatic carbocycles. The zero-order chi connectivity index (χ0) is 21.9. The highest BCUT2D eigenvalue weighted by atomic mass is 19.1. The van der Waals surface area contributed by atoms with E-state index in [0.29, 0.717) is 18.1 Å². The van der Waals surface area contributed by atoms with Crippen LogP contribution in [0.2, 0.25) is 0 Å². The second-order valence-corrected chi connectivity index (χ2v) is 7.98. The Hall–Kier alpha value is -3.63. The molecule has 3 aromatic heterocycles. The van der Waals surface area contributed by atoms with Crippen LogP contribution >= 0.6 is 0 Å². The molecule has 1 aliphatic rings. The van der Waals surface area contributed by atoms with Gasteiger partial charge in [-0.1, -0.05) is 0 Å². The van der Waals surface area contributed by atoms with Crippen LogP contribution in [0.4, 0.5) is 14.7 Å². The number of nitrogens with zero attached hydrogens (tertiary/aromatic N) is 6. The summed E-state index contributed by atoms with van der Waals surface area (Å²) in [7, 11) is 0. The van der Waals surface area contributed by atoms with Gasteiger partial charge in [-0.3, -0.25) is 9.89 Å². The number of nitrogen functional groups attached to an aromatic ring is 1. The predicted octanol–water partition coefficient (Wildman–Crippen LogP) is 2.58. The summed E-state index contributed by atoms with van der Waals surface area (Å²) in [6.07, 6.45) is 1.52. The van der Waals surface area contributed by atoms with Crippen LogP contribution in [-0.4, -0.2) is 53.2 Å². The van der Waals surface area contributed by atoms with E-state index in [0.717, 1.165) is 30.7 Å². The minimum Gasteiger partial charge on any atom is -0.368 e. The van der Waals surface area contributed by atoms with Crippen LogP contribution in [-0.2, 0) is 0 Å². The van der Waals surface area contributed by atoms with Crippen LogP contribution in [0, 0.1) is 18.6 Å². The van der Waals surface area contributed by atoms with Gasteiger partial charge in [0.2, 0.25) is 5.95 Å². The van der Waals surface area contributed by atoms with Gasteiger partial charge in [0, 0.05) is 30.3 Å². The number of aromatic nitrogens is 6. The second kappa shape index (κ2) is 6.96. The fraction of sp³-hybridized carbons (Fsp3) is 0.350. The molecule has 11 heteroatoms. The molecule has 0 unspecified atom stereocenters. The van der Waals surface area contributed by atoms with E-state index < -0.39 is 11.6 Å². The van der Waals surface area contributed by atoms with E-state index in [9.17, 15) is 13.6 Å². The average molecular weight is 426 g/mol. The molecule has 1 fully saturated rings. The molecule has 31 heavy (non-hydrogen) atoms.